The molecule has 0 aliphatic heterocycles. The van der Waals surface area contributed by atoms with E-state index in [1.807, 2.05) is 26.0 Å². The van der Waals surface area contributed by atoms with Gasteiger partial charge in [-0.3, -0.25) is 0 Å². The number of nitriles is 1. The first-order valence-corrected chi connectivity index (χ1v) is 6.74. The Labute approximate surface area is 114 Å². The molecule has 4 nitrogen and oxygen atoms in total. The second-order valence-electron chi connectivity index (χ2n) is 4.60. The molecule has 0 fully saturated rings. The lowest BCUT2D eigenvalue weighted by atomic mass is 9.93. The van der Waals surface area contributed by atoms with Crippen LogP contribution in [-0.4, -0.2) is 25.8 Å². The van der Waals surface area contributed by atoms with Crippen molar-refractivity contribution in [3.63, 3.8) is 0 Å². The molecule has 0 aromatic rings. The third-order valence-corrected chi connectivity index (χ3v) is 2.88. The predicted octanol–water partition coefficient (Wildman–Crippen LogP) is 2.91. The normalized spacial score (nSPS) is 17.4. The van der Waals surface area contributed by atoms with E-state index in [4.69, 9.17) is 14.7 Å². The zero-order valence-corrected chi connectivity index (χ0v) is 11.7. The van der Waals surface area contributed by atoms with Gasteiger partial charge < -0.3 is 9.47 Å². The van der Waals surface area contributed by atoms with Gasteiger partial charge in [0.2, 0.25) is 0 Å². The van der Waals surface area contributed by atoms with Crippen LogP contribution in [0.3, 0.4) is 0 Å². The molecular formula is C15H21NO3. The number of hydrogen-bond donors (Lipinski definition) is 0. The number of esters is 1. The maximum Gasteiger partial charge on any atom is 0.349 e. The Bertz CT molecular complexity index is 416. The van der Waals surface area contributed by atoms with E-state index in [1.165, 1.54) is 5.57 Å². The molecule has 0 spiro atoms. The van der Waals surface area contributed by atoms with E-state index in [0.717, 1.165) is 31.3 Å². The molecule has 1 aliphatic carbocycles. The van der Waals surface area contributed by atoms with Crippen molar-refractivity contribution < 1.29 is 14.3 Å². The Morgan fingerprint density at radius 1 is 1.37 bits per heavy atom. The Morgan fingerprint density at radius 3 is 2.79 bits per heavy atom. The first kappa shape index (κ1) is 15.5. The fraction of sp³-hybridized carbons (Fsp3) is 0.600. The van der Waals surface area contributed by atoms with E-state index in [0.29, 0.717) is 13.2 Å². The molecule has 0 saturated heterocycles. The second-order valence-corrected chi connectivity index (χ2v) is 4.60. The lowest BCUT2D eigenvalue weighted by Crippen LogP contribution is -2.14. The summed E-state index contributed by atoms with van der Waals surface area (Å²) < 4.78 is 10.3. The third-order valence-electron chi connectivity index (χ3n) is 2.88. The summed E-state index contributed by atoms with van der Waals surface area (Å²) >= 11 is 0. The molecule has 0 heterocycles. The van der Waals surface area contributed by atoms with Crippen molar-refractivity contribution in [2.24, 2.45) is 0 Å². The standard InChI is InChI=1S/C15H21NO3/c1-3-7-18-8-9-19-15(17)14(11-16)13-6-4-5-12(2)10-13/h10H,3-9H2,1-2H3/b14-13-. The number of carbonyl (C=O) groups is 1. The zero-order valence-electron chi connectivity index (χ0n) is 11.7. The average Bonchev–Trinajstić information content (AvgIpc) is 2.39. The van der Waals surface area contributed by atoms with E-state index < -0.39 is 5.97 Å². The van der Waals surface area contributed by atoms with Gasteiger partial charge in [-0.1, -0.05) is 18.6 Å². The Balaban J connectivity index is 2.55. The fourth-order valence-electron chi connectivity index (χ4n) is 1.96. The monoisotopic (exact) mass is 263 g/mol. The molecule has 1 aliphatic rings. The first-order valence-electron chi connectivity index (χ1n) is 6.74. The highest BCUT2D eigenvalue weighted by Gasteiger charge is 2.17. The molecule has 0 aromatic carbocycles. The van der Waals surface area contributed by atoms with Crippen LogP contribution in [0.25, 0.3) is 0 Å². The smallest absolute Gasteiger partial charge is 0.349 e. The minimum Gasteiger partial charge on any atom is -0.459 e. The van der Waals surface area contributed by atoms with Crippen molar-refractivity contribution in [2.75, 3.05) is 19.8 Å². The summed E-state index contributed by atoms with van der Waals surface area (Å²) in [4.78, 5) is 11.8. The predicted molar refractivity (Wildman–Crippen MR) is 72.3 cm³/mol. The van der Waals surface area contributed by atoms with Gasteiger partial charge in [0.15, 0.2) is 0 Å². The van der Waals surface area contributed by atoms with Gasteiger partial charge in [-0.25, -0.2) is 4.79 Å². The minimum atomic E-state index is -0.538. The molecule has 0 amide bonds. The van der Waals surface area contributed by atoms with Gasteiger partial charge in [0, 0.05) is 6.61 Å². The Morgan fingerprint density at radius 2 is 2.16 bits per heavy atom. The maximum absolute atomic E-state index is 11.8. The van der Waals surface area contributed by atoms with Crippen LogP contribution in [0.5, 0.6) is 0 Å². The largest absolute Gasteiger partial charge is 0.459 e. The molecular weight excluding hydrogens is 242 g/mol. The van der Waals surface area contributed by atoms with Gasteiger partial charge in [-0.2, -0.15) is 5.26 Å². The van der Waals surface area contributed by atoms with Crippen LogP contribution in [-0.2, 0) is 14.3 Å². The molecule has 0 aromatic heterocycles. The SMILES string of the molecule is CCCOCCOC(=O)/C(C#N)=C1\C=C(C)CCC1. The summed E-state index contributed by atoms with van der Waals surface area (Å²) in [7, 11) is 0. The van der Waals surface area contributed by atoms with Crippen molar-refractivity contribution in [3.05, 3.63) is 22.8 Å². The number of allylic oxidation sites excluding steroid dienone is 3. The van der Waals surface area contributed by atoms with Crippen molar-refractivity contribution in [1.29, 1.82) is 5.26 Å². The van der Waals surface area contributed by atoms with Crippen LogP contribution in [0.2, 0.25) is 0 Å². The molecule has 0 saturated carbocycles. The van der Waals surface area contributed by atoms with Gasteiger partial charge in [0.05, 0.1) is 6.61 Å². The zero-order chi connectivity index (χ0) is 14.1. The van der Waals surface area contributed by atoms with Crippen molar-refractivity contribution in [1.82, 2.24) is 0 Å². The molecule has 0 unspecified atom stereocenters. The highest BCUT2D eigenvalue weighted by molar-refractivity contribution is 5.94. The molecule has 4 heteroatoms. The van der Waals surface area contributed by atoms with Gasteiger partial charge in [0.1, 0.15) is 18.2 Å². The molecule has 0 radical (unpaired) electrons. The second kappa shape index (κ2) is 8.49. The average molecular weight is 263 g/mol. The van der Waals surface area contributed by atoms with Crippen LogP contribution >= 0.6 is 0 Å². The van der Waals surface area contributed by atoms with Gasteiger partial charge in [0.25, 0.3) is 0 Å². The van der Waals surface area contributed by atoms with Gasteiger partial charge in [-0.05, 0) is 38.2 Å². The fourth-order valence-corrected chi connectivity index (χ4v) is 1.96. The van der Waals surface area contributed by atoms with E-state index in [1.54, 1.807) is 0 Å². The Hall–Kier alpha value is -1.60. The van der Waals surface area contributed by atoms with Crippen LogP contribution < -0.4 is 0 Å². The quantitative estimate of drug-likeness (QED) is 0.320. The molecule has 0 N–H and O–H groups in total. The van der Waals surface area contributed by atoms with Crippen molar-refractivity contribution >= 4 is 5.97 Å². The van der Waals surface area contributed by atoms with Crippen molar-refractivity contribution in [2.45, 2.75) is 39.5 Å². The van der Waals surface area contributed by atoms with Crippen LogP contribution in [0, 0.1) is 11.3 Å². The van der Waals surface area contributed by atoms with E-state index in [9.17, 15) is 4.79 Å². The Kier molecular flexibility index (Phi) is 6.91. The number of rotatable bonds is 6. The topological polar surface area (TPSA) is 59.3 Å². The molecule has 1 rings (SSSR count). The molecule has 19 heavy (non-hydrogen) atoms. The number of nitrogens with zero attached hydrogens (tertiary/aromatic N) is 1. The number of hydrogen-bond acceptors (Lipinski definition) is 4. The molecule has 104 valence electrons. The van der Waals surface area contributed by atoms with Crippen LogP contribution in [0.4, 0.5) is 0 Å². The summed E-state index contributed by atoms with van der Waals surface area (Å²) in [6.07, 6.45) is 5.64. The first-order chi connectivity index (χ1) is 9.19. The highest BCUT2D eigenvalue weighted by atomic mass is 16.6. The summed E-state index contributed by atoms with van der Waals surface area (Å²) in [5, 5.41) is 9.11. The molecule has 0 bridgehead atoms. The summed E-state index contributed by atoms with van der Waals surface area (Å²) in [5.41, 5.74) is 2.13. The molecule has 0 atom stereocenters. The van der Waals surface area contributed by atoms with E-state index in [2.05, 4.69) is 0 Å². The minimum absolute atomic E-state index is 0.134. The highest BCUT2D eigenvalue weighted by Crippen LogP contribution is 2.24. The maximum atomic E-state index is 11.8. The van der Waals surface area contributed by atoms with Gasteiger partial charge in [-0.15, -0.1) is 0 Å². The van der Waals surface area contributed by atoms with E-state index >= 15 is 0 Å². The lowest BCUT2D eigenvalue weighted by Gasteiger charge is -2.13. The van der Waals surface area contributed by atoms with Gasteiger partial charge >= 0.3 is 5.97 Å². The third kappa shape index (κ3) is 5.27. The summed E-state index contributed by atoms with van der Waals surface area (Å²) in [5.74, 6) is -0.538. The van der Waals surface area contributed by atoms with Crippen LogP contribution in [0.15, 0.2) is 22.8 Å². The number of ether oxygens (including phenoxy) is 2. The van der Waals surface area contributed by atoms with Crippen LogP contribution in [0.1, 0.15) is 39.5 Å². The van der Waals surface area contributed by atoms with Crippen molar-refractivity contribution in [3.8, 4) is 6.07 Å². The number of carbonyl (C=O) groups excluding carboxylic acids is 1. The summed E-state index contributed by atoms with van der Waals surface area (Å²) in [6, 6.07) is 1.96. The van der Waals surface area contributed by atoms with E-state index in [-0.39, 0.29) is 12.2 Å². The summed E-state index contributed by atoms with van der Waals surface area (Å²) in [6.45, 7) is 5.26. The lowest BCUT2D eigenvalue weighted by molar-refractivity contribution is -0.140.